The van der Waals surface area contributed by atoms with Gasteiger partial charge in [-0.2, -0.15) is 0 Å². The number of sulfonamides is 1. The van der Waals surface area contributed by atoms with E-state index in [1.54, 1.807) is 44.2 Å². The predicted molar refractivity (Wildman–Crippen MR) is 123 cm³/mol. The molecule has 0 fully saturated rings. The minimum absolute atomic E-state index is 0.0704. The Morgan fingerprint density at radius 1 is 1.06 bits per heavy atom. The van der Waals surface area contributed by atoms with Crippen LogP contribution < -0.4 is 9.62 Å². The van der Waals surface area contributed by atoms with E-state index in [9.17, 15) is 18.0 Å². The van der Waals surface area contributed by atoms with Crippen LogP contribution in [0.3, 0.4) is 0 Å². The highest BCUT2D eigenvalue weighted by molar-refractivity contribution is 7.92. The zero-order valence-corrected chi connectivity index (χ0v) is 19.7. The van der Waals surface area contributed by atoms with Gasteiger partial charge in [-0.1, -0.05) is 32.9 Å². The minimum Gasteiger partial charge on any atom is -0.462 e. The third kappa shape index (κ3) is 6.55. The molecule has 0 saturated heterocycles. The smallest absolute Gasteiger partial charge is 0.338 e. The molecule has 7 nitrogen and oxygen atoms in total. The third-order valence-corrected chi connectivity index (χ3v) is 5.86. The monoisotopic (exact) mass is 446 g/mol. The van der Waals surface area contributed by atoms with Crippen molar-refractivity contribution in [1.82, 2.24) is 0 Å². The number of carbonyl (C=O) groups is 2. The molecule has 2 rings (SSSR count). The lowest BCUT2D eigenvalue weighted by Crippen LogP contribution is -2.37. The molecule has 2 aromatic rings. The topological polar surface area (TPSA) is 92.8 Å². The van der Waals surface area contributed by atoms with Crippen molar-refractivity contribution < 1.29 is 22.7 Å². The SMILES string of the molecule is CCOC(=O)c1ccc(NC(=O)CN(c2ccc(C(C)(C)C)cc2)S(C)(=O)=O)c(C)c1. The van der Waals surface area contributed by atoms with Gasteiger partial charge >= 0.3 is 5.97 Å². The number of esters is 1. The Morgan fingerprint density at radius 3 is 2.16 bits per heavy atom. The van der Waals surface area contributed by atoms with E-state index >= 15 is 0 Å². The molecule has 1 N–H and O–H groups in total. The molecule has 0 bridgehead atoms. The Labute approximate surface area is 184 Å². The van der Waals surface area contributed by atoms with Crippen LogP contribution in [-0.2, 0) is 25.0 Å². The maximum Gasteiger partial charge on any atom is 0.338 e. The van der Waals surface area contributed by atoms with Gasteiger partial charge in [0.1, 0.15) is 6.54 Å². The lowest BCUT2D eigenvalue weighted by Gasteiger charge is -2.24. The van der Waals surface area contributed by atoms with Gasteiger partial charge in [-0.15, -0.1) is 0 Å². The van der Waals surface area contributed by atoms with Crippen molar-refractivity contribution in [1.29, 1.82) is 0 Å². The van der Waals surface area contributed by atoms with Crippen LogP contribution in [0.5, 0.6) is 0 Å². The zero-order valence-electron chi connectivity index (χ0n) is 18.9. The Morgan fingerprint density at radius 2 is 1.68 bits per heavy atom. The number of anilines is 2. The van der Waals surface area contributed by atoms with Gasteiger partial charge in [0.2, 0.25) is 15.9 Å². The van der Waals surface area contributed by atoms with Gasteiger partial charge in [0, 0.05) is 5.69 Å². The maximum atomic E-state index is 12.6. The second-order valence-electron chi connectivity index (χ2n) is 8.36. The Hall–Kier alpha value is -2.87. The summed E-state index contributed by atoms with van der Waals surface area (Å²) in [7, 11) is -3.68. The molecule has 0 spiro atoms. The van der Waals surface area contributed by atoms with Gasteiger partial charge < -0.3 is 10.1 Å². The lowest BCUT2D eigenvalue weighted by atomic mass is 9.87. The van der Waals surface area contributed by atoms with E-state index in [0.717, 1.165) is 16.1 Å². The molecule has 0 heterocycles. The van der Waals surface area contributed by atoms with E-state index in [2.05, 4.69) is 26.1 Å². The number of rotatable bonds is 7. The van der Waals surface area contributed by atoms with Crippen molar-refractivity contribution in [3.8, 4) is 0 Å². The maximum absolute atomic E-state index is 12.6. The first-order valence-electron chi connectivity index (χ1n) is 9.99. The number of nitrogens with zero attached hydrogens (tertiary/aromatic N) is 1. The van der Waals surface area contributed by atoms with Crippen molar-refractivity contribution in [3.63, 3.8) is 0 Å². The number of carbonyl (C=O) groups excluding carboxylic acids is 2. The number of nitrogens with one attached hydrogen (secondary N) is 1. The van der Waals surface area contributed by atoms with E-state index in [-0.39, 0.29) is 18.6 Å². The average molecular weight is 447 g/mol. The molecule has 0 saturated carbocycles. The quantitative estimate of drug-likeness (QED) is 0.652. The molecule has 0 aromatic heterocycles. The molecule has 2 aromatic carbocycles. The van der Waals surface area contributed by atoms with Crippen molar-refractivity contribution in [3.05, 3.63) is 59.2 Å². The summed E-state index contributed by atoms with van der Waals surface area (Å²) >= 11 is 0. The molecule has 0 aliphatic heterocycles. The highest BCUT2D eigenvalue weighted by atomic mass is 32.2. The number of aryl methyl sites for hydroxylation is 1. The van der Waals surface area contributed by atoms with E-state index in [4.69, 9.17) is 4.74 Å². The molecule has 168 valence electrons. The minimum atomic E-state index is -3.68. The molecule has 0 aliphatic rings. The molecule has 0 atom stereocenters. The van der Waals surface area contributed by atoms with Gasteiger partial charge in [-0.3, -0.25) is 9.10 Å². The second-order valence-corrected chi connectivity index (χ2v) is 10.3. The van der Waals surface area contributed by atoms with Crippen molar-refractivity contribution in [2.75, 3.05) is 29.0 Å². The van der Waals surface area contributed by atoms with Gasteiger partial charge in [0.25, 0.3) is 0 Å². The molecule has 0 unspecified atom stereocenters. The number of amides is 1. The van der Waals surface area contributed by atoms with E-state index in [0.29, 0.717) is 22.5 Å². The molecule has 0 aliphatic carbocycles. The van der Waals surface area contributed by atoms with Crippen LogP contribution in [0, 0.1) is 6.92 Å². The molecule has 1 amide bonds. The first-order chi connectivity index (χ1) is 14.3. The summed E-state index contributed by atoms with van der Waals surface area (Å²) in [6.45, 7) is 9.58. The number of ether oxygens (including phenoxy) is 1. The fourth-order valence-electron chi connectivity index (χ4n) is 2.99. The van der Waals surface area contributed by atoms with Crippen molar-refractivity contribution >= 4 is 33.3 Å². The summed E-state index contributed by atoms with van der Waals surface area (Å²) in [4.78, 5) is 24.5. The van der Waals surface area contributed by atoms with Crippen LogP contribution in [0.15, 0.2) is 42.5 Å². The second kappa shape index (κ2) is 9.51. The summed E-state index contributed by atoms with van der Waals surface area (Å²) in [5, 5.41) is 2.72. The summed E-state index contributed by atoms with van der Waals surface area (Å²) in [6, 6.07) is 11.9. The molecule has 8 heteroatoms. The van der Waals surface area contributed by atoms with Gasteiger partial charge in [-0.05, 0) is 60.7 Å². The Bertz CT molecular complexity index is 1050. The fraction of sp³-hybridized carbons (Fsp3) is 0.391. The van der Waals surface area contributed by atoms with E-state index < -0.39 is 21.9 Å². The van der Waals surface area contributed by atoms with Crippen LogP contribution in [0.2, 0.25) is 0 Å². The van der Waals surface area contributed by atoms with Gasteiger partial charge in [-0.25, -0.2) is 13.2 Å². The van der Waals surface area contributed by atoms with Crippen LogP contribution in [0.1, 0.15) is 49.2 Å². The normalized spacial score (nSPS) is 11.7. The van der Waals surface area contributed by atoms with Gasteiger partial charge in [0.15, 0.2) is 0 Å². The van der Waals surface area contributed by atoms with Crippen LogP contribution in [-0.4, -0.2) is 39.7 Å². The standard InChI is InChI=1S/C23H30N2O5S/c1-7-30-22(27)17-8-13-20(16(2)14-17)24-21(26)15-25(31(6,28)29)19-11-9-18(10-12-19)23(3,4)5/h8-14H,7,15H2,1-6H3,(H,24,26). The summed E-state index contributed by atoms with van der Waals surface area (Å²) in [6.07, 6.45) is 1.07. The highest BCUT2D eigenvalue weighted by Gasteiger charge is 2.22. The van der Waals surface area contributed by atoms with Crippen molar-refractivity contribution in [2.24, 2.45) is 0 Å². The Kier molecular flexibility index (Phi) is 7.49. The van der Waals surface area contributed by atoms with Crippen LogP contribution >= 0.6 is 0 Å². The third-order valence-electron chi connectivity index (χ3n) is 4.72. The lowest BCUT2D eigenvalue weighted by molar-refractivity contribution is -0.114. The predicted octanol–water partition coefficient (Wildman–Crippen LogP) is 3.87. The number of hydrogen-bond donors (Lipinski definition) is 1. The fourth-order valence-corrected chi connectivity index (χ4v) is 3.85. The average Bonchev–Trinajstić information content (AvgIpc) is 2.66. The first-order valence-corrected chi connectivity index (χ1v) is 11.8. The Balaban J connectivity index is 2.20. The number of hydrogen-bond acceptors (Lipinski definition) is 5. The van der Waals surface area contributed by atoms with Crippen LogP contribution in [0.25, 0.3) is 0 Å². The molecule has 31 heavy (non-hydrogen) atoms. The number of benzene rings is 2. The molecular weight excluding hydrogens is 416 g/mol. The van der Waals surface area contributed by atoms with E-state index in [1.165, 1.54) is 0 Å². The van der Waals surface area contributed by atoms with Gasteiger partial charge in [0.05, 0.1) is 24.1 Å². The van der Waals surface area contributed by atoms with E-state index in [1.807, 2.05) is 12.1 Å². The molecule has 0 radical (unpaired) electrons. The summed E-state index contributed by atoms with van der Waals surface area (Å²) in [5.41, 5.74) is 2.95. The largest absolute Gasteiger partial charge is 0.462 e. The first kappa shape index (κ1) is 24.4. The summed E-state index contributed by atoms with van der Waals surface area (Å²) in [5.74, 6) is -0.928. The molecular formula is C23H30N2O5S. The van der Waals surface area contributed by atoms with Crippen LogP contribution in [0.4, 0.5) is 11.4 Å². The summed E-state index contributed by atoms with van der Waals surface area (Å²) < 4.78 is 30.7. The van der Waals surface area contributed by atoms with Crippen molar-refractivity contribution in [2.45, 2.75) is 40.0 Å². The highest BCUT2D eigenvalue weighted by Crippen LogP contribution is 2.26. The zero-order chi connectivity index (χ0) is 23.4.